The summed E-state index contributed by atoms with van der Waals surface area (Å²) in [7, 11) is 0. The van der Waals surface area contributed by atoms with Gasteiger partial charge >= 0.3 is 0 Å². The Morgan fingerprint density at radius 2 is 1.95 bits per heavy atom. The Morgan fingerprint density at radius 3 is 2.63 bits per heavy atom. The molecule has 0 aliphatic rings. The number of rotatable bonds is 3. The van der Waals surface area contributed by atoms with Gasteiger partial charge in [0.2, 0.25) is 0 Å². The van der Waals surface area contributed by atoms with E-state index in [0.717, 1.165) is 11.1 Å². The van der Waals surface area contributed by atoms with Crippen LogP contribution in [0.5, 0.6) is 5.75 Å². The van der Waals surface area contributed by atoms with Crippen molar-refractivity contribution in [3.63, 3.8) is 0 Å². The fourth-order valence-corrected chi connectivity index (χ4v) is 1.58. The van der Waals surface area contributed by atoms with E-state index in [0.29, 0.717) is 5.56 Å². The van der Waals surface area contributed by atoms with Crippen molar-refractivity contribution in [2.24, 2.45) is 5.10 Å². The summed E-state index contributed by atoms with van der Waals surface area (Å²) in [6.45, 7) is 1.93. The van der Waals surface area contributed by atoms with E-state index in [-0.39, 0.29) is 11.7 Å². The number of aryl methyl sites for hydroxylation is 1. The normalized spacial score (nSPS) is 10.6. The Morgan fingerprint density at radius 1 is 1.21 bits per heavy atom. The molecule has 0 aromatic heterocycles. The Bertz CT molecular complexity index is 604. The molecule has 0 spiro atoms. The Kier molecular flexibility index (Phi) is 3.93. The molecule has 1 amide bonds. The molecule has 2 aromatic carbocycles. The number of carbonyl (C=O) groups excluding carboxylic acids is 1. The van der Waals surface area contributed by atoms with Crippen LogP contribution < -0.4 is 5.43 Å². The molecule has 96 valence electrons. The zero-order valence-corrected chi connectivity index (χ0v) is 10.5. The van der Waals surface area contributed by atoms with Crippen LogP contribution in [-0.2, 0) is 0 Å². The van der Waals surface area contributed by atoms with Crippen LogP contribution in [0.15, 0.2) is 53.6 Å². The monoisotopic (exact) mass is 254 g/mol. The van der Waals surface area contributed by atoms with Crippen molar-refractivity contribution in [2.45, 2.75) is 6.92 Å². The molecular formula is C15H14N2O2. The first-order valence-electron chi connectivity index (χ1n) is 5.84. The Balaban J connectivity index is 1.98. The summed E-state index contributed by atoms with van der Waals surface area (Å²) in [5.41, 5.74) is 4.85. The van der Waals surface area contributed by atoms with E-state index in [1.165, 1.54) is 6.21 Å². The number of phenols is 1. The van der Waals surface area contributed by atoms with Crippen LogP contribution in [0.3, 0.4) is 0 Å². The average Bonchev–Trinajstić information content (AvgIpc) is 2.41. The molecule has 0 bridgehead atoms. The van der Waals surface area contributed by atoms with Crippen molar-refractivity contribution in [3.05, 3.63) is 65.2 Å². The van der Waals surface area contributed by atoms with E-state index in [4.69, 9.17) is 5.11 Å². The third-order valence-electron chi connectivity index (χ3n) is 2.55. The Labute approximate surface area is 111 Å². The number of hydrazone groups is 1. The SMILES string of the molecule is Cc1cccc(C(=O)NN=Cc2ccc(O)cc2)c1. The molecule has 19 heavy (non-hydrogen) atoms. The van der Waals surface area contributed by atoms with Crippen LogP contribution in [0.1, 0.15) is 21.5 Å². The van der Waals surface area contributed by atoms with Gasteiger partial charge in [0.15, 0.2) is 0 Å². The number of hydrogen-bond acceptors (Lipinski definition) is 3. The van der Waals surface area contributed by atoms with Crippen LogP contribution >= 0.6 is 0 Å². The standard InChI is InChI=1S/C15H14N2O2/c1-11-3-2-4-13(9-11)15(19)17-16-10-12-5-7-14(18)8-6-12/h2-10,18H,1H3,(H,17,19). The maximum absolute atomic E-state index is 11.8. The molecule has 2 N–H and O–H groups in total. The largest absolute Gasteiger partial charge is 0.508 e. The molecule has 0 fully saturated rings. The van der Waals surface area contributed by atoms with Crippen molar-refractivity contribution < 1.29 is 9.90 Å². The summed E-state index contributed by atoms with van der Waals surface area (Å²) in [6, 6.07) is 13.8. The first kappa shape index (κ1) is 12.8. The van der Waals surface area contributed by atoms with Gasteiger partial charge in [-0.3, -0.25) is 4.79 Å². The van der Waals surface area contributed by atoms with E-state index in [1.54, 1.807) is 36.4 Å². The number of aromatic hydroxyl groups is 1. The van der Waals surface area contributed by atoms with Crippen molar-refractivity contribution in [1.82, 2.24) is 5.43 Å². The van der Waals surface area contributed by atoms with Gasteiger partial charge in [0, 0.05) is 5.56 Å². The van der Waals surface area contributed by atoms with Gasteiger partial charge in [-0.05, 0) is 48.9 Å². The van der Waals surface area contributed by atoms with Gasteiger partial charge in [-0.2, -0.15) is 5.10 Å². The van der Waals surface area contributed by atoms with Gasteiger partial charge in [0.25, 0.3) is 5.91 Å². The highest BCUT2D eigenvalue weighted by atomic mass is 16.3. The van der Waals surface area contributed by atoms with Crippen LogP contribution in [-0.4, -0.2) is 17.2 Å². The van der Waals surface area contributed by atoms with Gasteiger partial charge in [0.1, 0.15) is 5.75 Å². The highest BCUT2D eigenvalue weighted by molar-refractivity contribution is 5.95. The molecule has 2 aromatic rings. The maximum Gasteiger partial charge on any atom is 0.271 e. The number of amides is 1. The predicted molar refractivity (Wildman–Crippen MR) is 74.3 cm³/mol. The molecule has 0 aliphatic carbocycles. The summed E-state index contributed by atoms with van der Waals surface area (Å²) in [4.78, 5) is 11.8. The summed E-state index contributed by atoms with van der Waals surface area (Å²) >= 11 is 0. The zero-order valence-electron chi connectivity index (χ0n) is 10.5. The van der Waals surface area contributed by atoms with Crippen molar-refractivity contribution in [1.29, 1.82) is 0 Å². The number of phenolic OH excluding ortho intramolecular Hbond substituents is 1. The summed E-state index contributed by atoms with van der Waals surface area (Å²) in [5.74, 6) is -0.0559. The van der Waals surface area contributed by atoms with Gasteiger partial charge < -0.3 is 5.11 Å². The van der Waals surface area contributed by atoms with E-state index < -0.39 is 0 Å². The molecule has 0 saturated heterocycles. The van der Waals surface area contributed by atoms with E-state index in [9.17, 15) is 4.79 Å². The van der Waals surface area contributed by atoms with Crippen LogP contribution in [0.25, 0.3) is 0 Å². The number of benzene rings is 2. The van der Waals surface area contributed by atoms with E-state index in [1.807, 2.05) is 19.1 Å². The lowest BCUT2D eigenvalue weighted by atomic mass is 10.1. The third-order valence-corrected chi connectivity index (χ3v) is 2.55. The maximum atomic E-state index is 11.8. The second kappa shape index (κ2) is 5.82. The molecule has 4 heteroatoms. The highest BCUT2D eigenvalue weighted by Crippen LogP contribution is 2.07. The van der Waals surface area contributed by atoms with Gasteiger partial charge in [-0.15, -0.1) is 0 Å². The second-order valence-corrected chi connectivity index (χ2v) is 4.16. The summed E-state index contributed by atoms with van der Waals surface area (Å²) in [5, 5.41) is 13.0. The van der Waals surface area contributed by atoms with Crippen molar-refractivity contribution in [2.75, 3.05) is 0 Å². The van der Waals surface area contributed by atoms with E-state index in [2.05, 4.69) is 10.5 Å². The first-order chi connectivity index (χ1) is 9.15. The molecular weight excluding hydrogens is 240 g/mol. The van der Waals surface area contributed by atoms with Crippen LogP contribution in [0, 0.1) is 6.92 Å². The van der Waals surface area contributed by atoms with Gasteiger partial charge in [0.05, 0.1) is 6.21 Å². The highest BCUT2D eigenvalue weighted by Gasteiger charge is 2.02. The number of carbonyl (C=O) groups is 1. The second-order valence-electron chi connectivity index (χ2n) is 4.16. The lowest BCUT2D eigenvalue weighted by Gasteiger charge is -2.00. The topological polar surface area (TPSA) is 61.7 Å². The number of nitrogens with one attached hydrogen (secondary N) is 1. The quantitative estimate of drug-likeness (QED) is 0.653. The molecule has 0 radical (unpaired) electrons. The number of nitrogens with zero attached hydrogens (tertiary/aromatic N) is 1. The third kappa shape index (κ3) is 3.67. The molecule has 0 heterocycles. The minimum Gasteiger partial charge on any atom is -0.508 e. The van der Waals surface area contributed by atoms with E-state index >= 15 is 0 Å². The molecule has 0 aliphatic heterocycles. The van der Waals surface area contributed by atoms with Crippen LogP contribution in [0.4, 0.5) is 0 Å². The smallest absolute Gasteiger partial charge is 0.271 e. The van der Waals surface area contributed by atoms with Crippen molar-refractivity contribution >= 4 is 12.1 Å². The molecule has 2 rings (SSSR count). The average molecular weight is 254 g/mol. The number of hydrogen-bond donors (Lipinski definition) is 2. The molecule has 4 nitrogen and oxygen atoms in total. The summed E-state index contributed by atoms with van der Waals surface area (Å²) in [6.07, 6.45) is 1.52. The van der Waals surface area contributed by atoms with Crippen LogP contribution in [0.2, 0.25) is 0 Å². The van der Waals surface area contributed by atoms with Gasteiger partial charge in [-0.1, -0.05) is 17.7 Å². The predicted octanol–water partition coefficient (Wildman–Crippen LogP) is 2.46. The van der Waals surface area contributed by atoms with Gasteiger partial charge in [-0.25, -0.2) is 5.43 Å². The lowest BCUT2D eigenvalue weighted by Crippen LogP contribution is -2.17. The minimum absolute atomic E-state index is 0.195. The molecule has 0 unspecified atom stereocenters. The minimum atomic E-state index is -0.251. The first-order valence-corrected chi connectivity index (χ1v) is 5.84. The lowest BCUT2D eigenvalue weighted by molar-refractivity contribution is 0.0955. The van der Waals surface area contributed by atoms with Crippen molar-refractivity contribution in [3.8, 4) is 5.75 Å². The molecule has 0 saturated carbocycles. The Hall–Kier alpha value is -2.62. The summed E-state index contributed by atoms with van der Waals surface area (Å²) < 4.78 is 0. The fourth-order valence-electron chi connectivity index (χ4n) is 1.58. The fraction of sp³-hybridized carbons (Fsp3) is 0.0667. The molecule has 0 atom stereocenters. The zero-order chi connectivity index (χ0) is 13.7.